The topological polar surface area (TPSA) is 34.5 Å². The van der Waals surface area contributed by atoms with Gasteiger partial charge < -0.3 is 14.2 Å². The van der Waals surface area contributed by atoms with Crippen LogP contribution in [0.15, 0.2) is 42.6 Å². The Labute approximate surface area is 161 Å². The van der Waals surface area contributed by atoms with Crippen molar-refractivity contribution in [1.82, 2.24) is 9.47 Å². The molecule has 0 fully saturated rings. The molecule has 0 spiro atoms. The highest BCUT2D eigenvalue weighted by molar-refractivity contribution is 6.19. The van der Waals surface area contributed by atoms with Crippen molar-refractivity contribution in [1.29, 1.82) is 0 Å². The minimum atomic E-state index is -0.594. The Balaban J connectivity index is 2.16. The first kappa shape index (κ1) is 20.5. The van der Waals surface area contributed by atoms with Gasteiger partial charge in [0.2, 0.25) is 5.91 Å². The van der Waals surface area contributed by atoms with Crippen LogP contribution >= 0.6 is 11.6 Å². The van der Waals surface area contributed by atoms with E-state index in [1.165, 1.54) is 11.1 Å². The first-order valence-corrected chi connectivity index (χ1v) is 9.44. The van der Waals surface area contributed by atoms with E-state index in [1.807, 2.05) is 24.8 Å². The van der Waals surface area contributed by atoms with Gasteiger partial charge in [-0.15, -0.1) is 11.6 Å². The highest BCUT2D eigenvalue weighted by Crippen LogP contribution is 2.22. The van der Waals surface area contributed by atoms with Crippen LogP contribution in [0.1, 0.15) is 30.7 Å². The van der Waals surface area contributed by atoms with Crippen molar-refractivity contribution in [2.45, 2.75) is 33.9 Å². The highest BCUT2D eigenvalue weighted by Gasteiger charge is 2.31. The highest BCUT2D eigenvalue weighted by atomic mass is 35.5. The van der Waals surface area contributed by atoms with E-state index in [2.05, 4.69) is 48.0 Å². The molecule has 0 saturated heterocycles. The summed E-state index contributed by atoms with van der Waals surface area (Å²) in [5.74, 6) is 0.340. The molecule has 5 heteroatoms. The summed E-state index contributed by atoms with van der Waals surface area (Å²) in [6.45, 7) is 8.23. The number of benzene rings is 1. The summed E-state index contributed by atoms with van der Waals surface area (Å²) in [6, 6.07) is 12.6. The van der Waals surface area contributed by atoms with E-state index in [4.69, 9.17) is 16.3 Å². The van der Waals surface area contributed by atoms with Gasteiger partial charge in [0.15, 0.2) is 0 Å². The third kappa shape index (κ3) is 5.36. The number of hydrogen-bond donors (Lipinski definition) is 0. The number of aromatic nitrogens is 1. The Morgan fingerprint density at radius 1 is 1.23 bits per heavy atom. The van der Waals surface area contributed by atoms with Gasteiger partial charge in [-0.25, -0.2) is 0 Å². The molecule has 0 aliphatic heterocycles. The third-order valence-electron chi connectivity index (χ3n) is 4.52. The zero-order valence-electron chi connectivity index (χ0n) is 16.2. The van der Waals surface area contributed by atoms with Crippen LogP contribution < -0.4 is 0 Å². The van der Waals surface area contributed by atoms with Gasteiger partial charge in [-0.1, -0.05) is 29.8 Å². The number of aryl methyl sites for hydroxylation is 1. The normalized spacial score (nSPS) is 11.6. The molecule has 0 aliphatic carbocycles. The van der Waals surface area contributed by atoms with Crippen molar-refractivity contribution < 1.29 is 9.53 Å². The molecule has 0 N–H and O–H groups in total. The number of rotatable bonds is 9. The maximum Gasteiger partial charge on any atom is 0.229 e. The van der Waals surface area contributed by atoms with Crippen molar-refractivity contribution in [2.24, 2.45) is 5.41 Å². The summed E-state index contributed by atoms with van der Waals surface area (Å²) in [5, 5.41) is 0. The average molecular weight is 377 g/mol. The van der Waals surface area contributed by atoms with Crippen molar-refractivity contribution in [3.8, 4) is 0 Å². The van der Waals surface area contributed by atoms with E-state index in [-0.39, 0.29) is 5.91 Å². The molecule has 0 aliphatic rings. The van der Waals surface area contributed by atoms with Crippen LogP contribution in [-0.2, 0) is 22.6 Å². The molecule has 26 heavy (non-hydrogen) atoms. The first-order valence-electron chi connectivity index (χ1n) is 8.91. The lowest BCUT2D eigenvalue weighted by atomic mass is 9.94. The number of alkyl halides is 1. The molecule has 1 aromatic heterocycles. The molecule has 4 nitrogen and oxygen atoms in total. The van der Waals surface area contributed by atoms with Crippen molar-refractivity contribution in [2.75, 3.05) is 26.1 Å². The number of methoxy groups -OCH3 is 1. The third-order valence-corrected chi connectivity index (χ3v) is 5.18. The second kappa shape index (κ2) is 9.24. The molecule has 2 aromatic rings. The summed E-state index contributed by atoms with van der Waals surface area (Å²) in [7, 11) is 1.65. The van der Waals surface area contributed by atoms with Crippen LogP contribution in [-0.4, -0.2) is 41.5 Å². The fourth-order valence-corrected chi connectivity index (χ4v) is 2.89. The molecule has 2 rings (SSSR count). The van der Waals surface area contributed by atoms with Crippen LogP contribution in [0.5, 0.6) is 0 Å². The molecule has 142 valence electrons. The van der Waals surface area contributed by atoms with Crippen LogP contribution in [0.3, 0.4) is 0 Å². The van der Waals surface area contributed by atoms with Gasteiger partial charge in [-0.2, -0.15) is 0 Å². The Morgan fingerprint density at radius 3 is 2.54 bits per heavy atom. The van der Waals surface area contributed by atoms with Gasteiger partial charge in [-0.05, 0) is 38.5 Å². The van der Waals surface area contributed by atoms with E-state index in [0.29, 0.717) is 25.6 Å². The van der Waals surface area contributed by atoms with E-state index >= 15 is 0 Å². The van der Waals surface area contributed by atoms with Gasteiger partial charge in [0, 0.05) is 38.0 Å². The van der Waals surface area contributed by atoms with Gasteiger partial charge in [0.1, 0.15) is 0 Å². The molecule has 0 saturated carbocycles. The van der Waals surface area contributed by atoms with E-state index in [0.717, 1.165) is 12.2 Å². The summed E-state index contributed by atoms with van der Waals surface area (Å²) < 4.78 is 7.38. The SMILES string of the molecule is COCCN(Cc1cccn1Cc1ccc(C)cc1)C(=O)C(C)(C)CCl. The van der Waals surface area contributed by atoms with E-state index in [1.54, 1.807) is 7.11 Å². The van der Waals surface area contributed by atoms with Crippen molar-refractivity contribution in [3.63, 3.8) is 0 Å². The predicted molar refractivity (Wildman–Crippen MR) is 107 cm³/mol. The number of carbonyl (C=O) groups excluding carboxylic acids is 1. The lowest BCUT2D eigenvalue weighted by Crippen LogP contribution is -2.43. The molecule has 0 radical (unpaired) electrons. The maximum absolute atomic E-state index is 12.9. The van der Waals surface area contributed by atoms with Gasteiger partial charge >= 0.3 is 0 Å². The number of amides is 1. The lowest BCUT2D eigenvalue weighted by molar-refractivity contribution is -0.140. The minimum absolute atomic E-state index is 0.0487. The molecule has 1 amide bonds. The zero-order valence-corrected chi connectivity index (χ0v) is 16.9. The summed E-state index contributed by atoms with van der Waals surface area (Å²) >= 11 is 6.02. The molecule has 1 heterocycles. The van der Waals surface area contributed by atoms with Crippen LogP contribution in [0, 0.1) is 12.3 Å². The van der Waals surface area contributed by atoms with Crippen LogP contribution in [0.2, 0.25) is 0 Å². The quantitative estimate of drug-likeness (QED) is 0.618. The molecule has 1 aromatic carbocycles. The Morgan fingerprint density at radius 2 is 1.92 bits per heavy atom. The average Bonchev–Trinajstić information content (AvgIpc) is 3.06. The van der Waals surface area contributed by atoms with E-state index in [9.17, 15) is 4.79 Å². The van der Waals surface area contributed by atoms with Gasteiger partial charge in [-0.3, -0.25) is 4.79 Å². The van der Waals surface area contributed by atoms with Crippen LogP contribution in [0.25, 0.3) is 0 Å². The van der Waals surface area contributed by atoms with E-state index < -0.39 is 5.41 Å². The van der Waals surface area contributed by atoms with Gasteiger partial charge in [0.05, 0.1) is 18.6 Å². The smallest absolute Gasteiger partial charge is 0.229 e. The number of carbonyl (C=O) groups is 1. The summed E-state index contributed by atoms with van der Waals surface area (Å²) in [4.78, 5) is 14.8. The van der Waals surface area contributed by atoms with Crippen molar-refractivity contribution >= 4 is 17.5 Å². The standard InChI is InChI=1S/C21H29ClN2O2/c1-17-7-9-18(10-8-17)14-23-11-5-6-19(23)15-24(12-13-26-4)20(25)21(2,3)16-22/h5-11H,12-16H2,1-4H3. The number of hydrogen-bond acceptors (Lipinski definition) is 2. The fraction of sp³-hybridized carbons (Fsp3) is 0.476. The lowest BCUT2D eigenvalue weighted by Gasteiger charge is -2.31. The van der Waals surface area contributed by atoms with Crippen molar-refractivity contribution in [3.05, 3.63) is 59.4 Å². The molecule has 0 unspecified atom stereocenters. The molecule has 0 atom stereocenters. The van der Waals surface area contributed by atoms with Gasteiger partial charge in [0.25, 0.3) is 0 Å². The number of halogens is 1. The number of ether oxygens (including phenoxy) is 1. The second-order valence-corrected chi connectivity index (χ2v) is 7.62. The largest absolute Gasteiger partial charge is 0.383 e. The Hall–Kier alpha value is -1.78. The predicted octanol–water partition coefficient (Wildman–Crippen LogP) is 4.08. The minimum Gasteiger partial charge on any atom is -0.383 e. The Bertz CT molecular complexity index is 707. The monoisotopic (exact) mass is 376 g/mol. The second-order valence-electron chi connectivity index (χ2n) is 7.35. The summed E-state index contributed by atoms with van der Waals surface area (Å²) in [5.41, 5.74) is 2.99. The zero-order chi connectivity index (χ0) is 19.2. The molecular formula is C21H29ClN2O2. The molecule has 0 bridgehead atoms. The maximum atomic E-state index is 12.9. The fourth-order valence-electron chi connectivity index (χ4n) is 2.77. The number of nitrogens with zero attached hydrogens (tertiary/aromatic N) is 2. The Kier molecular flexibility index (Phi) is 7.30. The van der Waals surface area contributed by atoms with Crippen LogP contribution in [0.4, 0.5) is 0 Å². The first-order chi connectivity index (χ1) is 12.4. The molecular weight excluding hydrogens is 348 g/mol. The summed E-state index contributed by atoms with van der Waals surface area (Å²) in [6.07, 6.45) is 2.06.